The summed E-state index contributed by atoms with van der Waals surface area (Å²) in [5.41, 5.74) is -0.848. The van der Waals surface area contributed by atoms with E-state index in [1.165, 1.54) is 4.90 Å². The van der Waals surface area contributed by atoms with E-state index in [9.17, 15) is 22.8 Å². The number of hydrogen-bond donors (Lipinski definition) is 1. The minimum atomic E-state index is -3.20. The Labute approximate surface area is 186 Å². The van der Waals surface area contributed by atoms with Gasteiger partial charge in [-0.2, -0.15) is 0 Å². The standard InChI is InChI=1S/C22H27N3O6S/c1-4-14(2)25(16-9-10-32(29,30)13-16)19(26)12-24-20(27)22(3,23-21(24)28)18-11-15-7-5-6-8-17(15)31-18/h5-8,11,14,16H,4,9-10,12-13H2,1-3H3,(H,23,28). The largest absolute Gasteiger partial charge is 0.458 e. The number of carbonyl (C=O) groups is 3. The lowest BCUT2D eigenvalue weighted by molar-refractivity contribution is -0.141. The fraction of sp³-hybridized carbons (Fsp3) is 0.500. The highest BCUT2D eigenvalue weighted by Gasteiger charge is 2.52. The van der Waals surface area contributed by atoms with Gasteiger partial charge >= 0.3 is 6.03 Å². The number of furan rings is 1. The first kappa shape index (κ1) is 22.3. The number of sulfone groups is 1. The second-order valence-electron chi connectivity index (χ2n) is 8.71. The number of hydrogen-bond acceptors (Lipinski definition) is 6. The molecule has 172 valence electrons. The number of nitrogens with one attached hydrogen (secondary N) is 1. The molecular formula is C22H27N3O6S. The summed E-state index contributed by atoms with van der Waals surface area (Å²) < 4.78 is 29.7. The molecule has 0 radical (unpaired) electrons. The summed E-state index contributed by atoms with van der Waals surface area (Å²) in [6, 6.07) is 7.61. The van der Waals surface area contributed by atoms with E-state index in [4.69, 9.17) is 4.42 Å². The minimum absolute atomic E-state index is 0.0329. The number of para-hydroxylation sites is 1. The maximum absolute atomic E-state index is 13.3. The summed E-state index contributed by atoms with van der Waals surface area (Å²) >= 11 is 0. The predicted octanol–water partition coefficient (Wildman–Crippen LogP) is 2.01. The zero-order valence-corrected chi connectivity index (χ0v) is 19.1. The van der Waals surface area contributed by atoms with Crippen molar-refractivity contribution in [1.82, 2.24) is 15.1 Å². The SMILES string of the molecule is CCC(C)N(C(=O)CN1C(=O)NC(C)(c2cc3ccccc3o2)C1=O)C1CCS(=O)(=O)C1. The van der Waals surface area contributed by atoms with E-state index in [2.05, 4.69) is 5.32 Å². The van der Waals surface area contributed by atoms with Gasteiger partial charge in [-0.3, -0.25) is 14.5 Å². The van der Waals surface area contributed by atoms with E-state index in [1.54, 1.807) is 19.1 Å². The number of fused-ring (bicyclic) bond motifs is 1. The number of imide groups is 1. The van der Waals surface area contributed by atoms with Gasteiger partial charge in [-0.25, -0.2) is 13.2 Å². The highest BCUT2D eigenvalue weighted by Crippen LogP contribution is 2.33. The molecule has 1 N–H and O–H groups in total. The Morgan fingerprint density at radius 3 is 2.69 bits per heavy atom. The summed E-state index contributed by atoms with van der Waals surface area (Å²) in [5, 5.41) is 3.45. The molecule has 2 fully saturated rings. The molecule has 3 heterocycles. The Morgan fingerprint density at radius 2 is 2.06 bits per heavy atom. The fourth-order valence-electron chi connectivity index (χ4n) is 4.45. The van der Waals surface area contributed by atoms with Crippen LogP contribution >= 0.6 is 0 Å². The van der Waals surface area contributed by atoms with Crippen LogP contribution in [0, 0.1) is 0 Å². The summed E-state index contributed by atoms with van der Waals surface area (Å²) in [5.74, 6) is -0.810. The molecule has 2 saturated heterocycles. The van der Waals surface area contributed by atoms with Crippen LogP contribution in [-0.4, -0.2) is 66.2 Å². The Balaban J connectivity index is 1.57. The van der Waals surface area contributed by atoms with Gasteiger partial charge in [0.1, 0.15) is 17.9 Å². The molecule has 0 aliphatic carbocycles. The van der Waals surface area contributed by atoms with Crippen LogP contribution in [0.25, 0.3) is 11.0 Å². The minimum Gasteiger partial charge on any atom is -0.458 e. The number of amides is 4. The van der Waals surface area contributed by atoms with Crippen molar-refractivity contribution in [1.29, 1.82) is 0 Å². The average Bonchev–Trinajstić information content (AvgIpc) is 3.39. The number of benzene rings is 1. The molecule has 2 aliphatic heterocycles. The molecule has 0 bridgehead atoms. The third-order valence-corrected chi connectivity index (χ3v) is 8.19. The number of nitrogens with zero attached hydrogens (tertiary/aromatic N) is 2. The highest BCUT2D eigenvalue weighted by molar-refractivity contribution is 7.91. The molecule has 1 aromatic carbocycles. The molecule has 0 saturated carbocycles. The highest BCUT2D eigenvalue weighted by atomic mass is 32.2. The van der Waals surface area contributed by atoms with Crippen molar-refractivity contribution in [3.05, 3.63) is 36.1 Å². The number of rotatable bonds is 6. The number of carbonyl (C=O) groups excluding carboxylic acids is 3. The smallest absolute Gasteiger partial charge is 0.325 e. The van der Waals surface area contributed by atoms with Crippen molar-refractivity contribution in [2.24, 2.45) is 0 Å². The van der Waals surface area contributed by atoms with Gasteiger partial charge in [0.25, 0.3) is 5.91 Å². The zero-order chi connectivity index (χ0) is 23.3. The molecule has 4 amide bonds. The second kappa shape index (κ2) is 7.91. The van der Waals surface area contributed by atoms with Crippen molar-refractivity contribution in [3.63, 3.8) is 0 Å². The van der Waals surface area contributed by atoms with Gasteiger partial charge < -0.3 is 14.6 Å². The molecule has 1 aromatic heterocycles. The molecule has 2 aliphatic rings. The Bertz CT molecular complexity index is 1160. The molecular weight excluding hydrogens is 434 g/mol. The van der Waals surface area contributed by atoms with Crippen LogP contribution in [0.15, 0.2) is 34.7 Å². The molecule has 32 heavy (non-hydrogen) atoms. The lowest BCUT2D eigenvalue weighted by atomic mass is 9.99. The van der Waals surface area contributed by atoms with Crippen LogP contribution in [-0.2, 0) is 25.0 Å². The van der Waals surface area contributed by atoms with Crippen molar-refractivity contribution < 1.29 is 27.2 Å². The maximum atomic E-state index is 13.3. The summed E-state index contributed by atoms with van der Waals surface area (Å²) in [4.78, 5) is 41.6. The molecule has 4 rings (SSSR count). The molecule has 2 aromatic rings. The molecule has 3 unspecified atom stereocenters. The third kappa shape index (κ3) is 3.76. The van der Waals surface area contributed by atoms with E-state index in [0.29, 0.717) is 18.4 Å². The van der Waals surface area contributed by atoms with E-state index in [-0.39, 0.29) is 23.3 Å². The van der Waals surface area contributed by atoms with E-state index < -0.39 is 45.8 Å². The predicted molar refractivity (Wildman–Crippen MR) is 117 cm³/mol. The fourth-order valence-corrected chi connectivity index (χ4v) is 6.16. The van der Waals surface area contributed by atoms with Crippen LogP contribution in [0.1, 0.15) is 39.4 Å². The molecule has 10 heteroatoms. The van der Waals surface area contributed by atoms with Crippen LogP contribution in [0.3, 0.4) is 0 Å². The Morgan fingerprint density at radius 1 is 1.34 bits per heavy atom. The monoisotopic (exact) mass is 461 g/mol. The van der Waals surface area contributed by atoms with Gasteiger partial charge in [0, 0.05) is 17.5 Å². The third-order valence-electron chi connectivity index (χ3n) is 6.44. The van der Waals surface area contributed by atoms with Crippen molar-refractivity contribution in [2.45, 2.75) is 51.2 Å². The summed E-state index contributed by atoms with van der Waals surface area (Å²) in [7, 11) is -3.20. The topological polar surface area (TPSA) is 117 Å². The lowest BCUT2D eigenvalue weighted by Gasteiger charge is -2.34. The first-order chi connectivity index (χ1) is 15.1. The van der Waals surface area contributed by atoms with Gasteiger partial charge in [-0.05, 0) is 38.8 Å². The van der Waals surface area contributed by atoms with Gasteiger partial charge in [0.2, 0.25) is 5.91 Å². The molecule has 9 nitrogen and oxygen atoms in total. The first-order valence-corrected chi connectivity index (χ1v) is 12.5. The lowest BCUT2D eigenvalue weighted by Crippen LogP contribution is -2.51. The van der Waals surface area contributed by atoms with Crippen molar-refractivity contribution in [3.8, 4) is 0 Å². The summed E-state index contributed by atoms with van der Waals surface area (Å²) in [6.07, 6.45) is 0.981. The van der Waals surface area contributed by atoms with Crippen LogP contribution in [0.2, 0.25) is 0 Å². The van der Waals surface area contributed by atoms with Crippen LogP contribution < -0.4 is 5.32 Å². The van der Waals surface area contributed by atoms with Gasteiger partial charge in [0.05, 0.1) is 11.5 Å². The zero-order valence-electron chi connectivity index (χ0n) is 18.3. The number of urea groups is 1. The Hall–Kier alpha value is -2.88. The maximum Gasteiger partial charge on any atom is 0.325 e. The van der Waals surface area contributed by atoms with E-state index in [0.717, 1.165) is 10.3 Å². The quantitative estimate of drug-likeness (QED) is 0.658. The van der Waals surface area contributed by atoms with Crippen molar-refractivity contribution in [2.75, 3.05) is 18.1 Å². The van der Waals surface area contributed by atoms with Crippen molar-refractivity contribution >= 4 is 38.7 Å². The van der Waals surface area contributed by atoms with E-state index in [1.807, 2.05) is 32.0 Å². The van der Waals surface area contributed by atoms with Crippen LogP contribution in [0.5, 0.6) is 0 Å². The molecule has 0 spiro atoms. The van der Waals surface area contributed by atoms with Gasteiger partial charge in [0.15, 0.2) is 15.4 Å². The van der Waals surface area contributed by atoms with Crippen LogP contribution in [0.4, 0.5) is 4.79 Å². The van der Waals surface area contributed by atoms with Gasteiger partial charge in [-0.15, -0.1) is 0 Å². The Kier molecular flexibility index (Phi) is 5.52. The van der Waals surface area contributed by atoms with Gasteiger partial charge in [-0.1, -0.05) is 25.1 Å². The second-order valence-corrected chi connectivity index (χ2v) is 10.9. The average molecular weight is 462 g/mol. The van der Waals surface area contributed by atoms with E-state index >= 15 is 0 Å². The normalized spacial score (nSPS) is 25.8. The summed E-state index contributed by atoms with van der Waals surface area (Å²) in [6.45, 7) is 4.83. The molecule has 3 atom stereocenters. The first-order valence-electron chi connectivity index (χ1n) is 10.7.